The van der Waals surface area contributed by atoms with Crippen LogP contribution in [0.5, 0.6) is 11.5 Å². The van der Waals surface area contributed by atoms with E-state index in [-0.39, 0.29) is 5.75 Å². The SMILES string of the molecule is COc1ccc(O)c(C=NN)c1. The molecule has 4 nitrogen and oxygen atoms in total. The van der Waals surface area contributed by atoms with Crippen molar-refractivity contribution in [2.45, 2.75) is 0 Å². The van der Waals surface area contributed by atoms with Gasteiger partial charge in [-0.25, -0.2) is 0 Å². The second-order valence-corrected chi connectivity index (χ2v) is 2.20. The van der Waals surface area contributed by atoms with Crippen molar-refractivity contribution in [3.05, 3.63) is 23.8 Å². The Morgan fingerprint density at radius 3 is 2.92 bits per heavy atom. The number of hydrogen-bond acceptors (Lipinski definition) is 4. The molecule has 4 heteroatoms. The first-order valence-electron chi connectivity index (χ1n) is 3.38. The number of ether oxygens (including phenoxy) is 1. The predicted molar refractivity (Wildman–Crippen MR) is 46.4 cm³/mol. The van der Waals surface area contributed by atoms with Crippen molar-refractivity contribution in [2.75, 3.05) is 7.11 Å². The van der Waals surface area contributed by atoms with Crippen LogP contribution in [-0.4, -0.2) is 18.4 Å². The minimum atomic E-state index is 0.130. The van der Waals surface area contributed by atoms with Gasteiger partial charge < -0.3 is 15.7 Å². The average molecular weight is 166 g/mol. The molecular formula is C8H10N2O2. The second kappa shape index (κ2) is 3.61. The molecular weight excluding hydrogens is 156 g/mol. The summed E-state index contributed by atoms with van der Waals surface area (Å²) in [7, 11) is 1.55. The number of nitrogens with two attached hydrogens (primary N) is 1. The van der Waals surface area contributed by atoms with Gasteiger partial charge in [-0.1, -0.05) is 0 Å². The van der Waals surface area contributed by atoms with Crippen LogP contribution in [0.3, 0.4) is 0 Å². The zero-order valence-corrected chi connectivity index (χ0v) is 6.69. The number of hydrazone groups is 1. The molecule has 0 heterocycles. The Hall–Kier alpha value is -1.71. The van der Waals surface area contributed by atoms with Crippen LogP contribution in [0.1, 0.15) is 5.56 Å². The van der Waals surface area contributed by atoms with Crippen molar-refractivity contribution < 1.29 is 9.84 Å². The number of hydrogen-bond donors (Lipinski definition) is 2. The Labute approximate surface area is 70.3 Å². The molecule has 12 heavy (non-hydrogen) atoms. The van der Waals surface area contributed by atoms with Gasteiger partial charge in [0, 0.05) is 5.56 Å². The Bertz CT molecular complexity index is 297. The molecule has 0 spiro atoms. The first-order valence-corrected chi connectivity index (χ1v) is 3.38. The van der Waals surface area contributed by atoms with Crippen LogP contribution in [0.2, 0.25) is 0 Å². The highest BCUT2D eigenvalue weighted by atomic mass is 16.5. The summed E-state index contributed by atoms with van der Waals surface area (Å²) in [5, 5.41) is 12.6. The number of phenols is 1. The molecule has 1 rings (SSSR count). The summed E-state index contributed by atoms with van der Waals surface area (Å²) in [6, 6.07) is 4.82. The Kier molecular flexibility index (Phi) is 2.53. The maximum Gasteiger partial charge on any atom is 0.124 e. The lowest BCUT2D eigenvalue weighted by molar-refractivity contribution is 0.412. The molecule has 3 N–H and O–H groups in total. The van der Waals surface area contributed by atoms with E-state index in [4.69, 9.17) is 10.6 Å². The fourth-order valence-corrected chi connectivity index (χ4v) is 0.843. The standard InChI is InChI=1S/C8H10N2O2/c1-12-7-2-3-8(11)6(4-7)5-10-9/h2-5,11H,9H2,1H3. The lowest BCUT2D eigenvalue weighted by Gasteiger charge is -2.01. The number of rotatable bonds is 2. The molecule has 0 aliphatic carbocycles. The van der Waals surface area contributed by atoms with Crippen LogP contribution < -0.4 is 10.6 Å². The zero-order chi connectivity index (χ0) is 8.97. The van der Waals surface area contributed by atoms with E-state index in [1.165, 1.54) is 12.3 Å². The van der Waals surface area contributed by atoms with E-state index in [9.17, 15) is 5.11 Å². The quantitative estimate of drug-likeness (QED) is 0.386. The van der Waals surface area contributed by atoms with Gasteiger partial charge in [0.2, 0.25) is 0 Å². The summed E-state index contributed by atoms with van der Waals surface area (Å²) in [4.78, 5) is 0. The number of aromatic hydroxyl groups is 1. The largest absolute Gasteiger partial charge is 0.507 e. The van der Waals surface area contributed by atoms with Crippen molar-refractivity contribution >= 4 is 6.21 Å². The monoisotopic (exact) mass is 166 g/mol. The van der Waals surface area contributed by atoms with E-state index < -0.39 is 0 Å². The average Bonchev–Trinajstić information content (AvgIpc) is 2.09. The third-order valence-corrected chi connectivity index (χ3v) is 1.45. The lowest BCUT2D eigenvalue weighted by Crippen LogP contribution is -1.89. The van der Waals surface area contributed by atoms with E-state index in [0.29, 0.717) is 11.3 Å². The van der Waals surface area contributed by atoms with Crippen molar-refractivity contribution in [1.82, 2.24) is 0 Å². The van der Waals surface area contributed by atoms with Crippen LogP contribution >= 0.6 is 0 Å². The molecule has 0 saturated heterocycles. The number of phenolic OH excluding ortho intramolecular Hbond substituents is 1. The van der Waals surface area contributed by atoms with Crippen molar-refractivity contribution in [1.29, 1.82) is 0 Å². The summed E-state index contributed by atoms with van der Waals surface area (Å²) in [6.07, 6.45) is 1.36. The third kappa shape index (κ3) is 1.66. The van der Waals surface area contributed by atoms with Gasteiger partial charge in [-0.05, 0) is 18.2 Å². The molecule has 0 radical (unpaired) electrons. The molecule has 0 saturated carbocycles. The molecule has 1 aromatic rings. The first kappa shape index (κ1) is 8.39. The van der Waals surface area contributed by atoms with E-state index in [0.717, 1.165) is 0 Å². The molecule has 0 amide bonds. The number of benzene rings is 1. The lowest BCUT2D eigenvalue weighted by atomic mass is 10.2. The van der Waals surface area contributed by atoms with Gasteiger partial charge in [0.15, 0.2) is 0 Å². The Morgan fingerprint density at radius 2 is 2.33 bits per heavy atom. The van der Waals surface area contributed by atoms with Gasteiger partial charge in [-0.2, -0.15) is 5.10 Å². The summed E-state index contributed by atoms with van der Waals surface area (Å²) < 4.78 is 4.94. The Morgan fingerprint density at radius 1 is 1.58 bits per heavy atom. The maximum atomic E-state index is 9.26. The summed E-state index contributed by atoms with van der Waals surface area (Å²) in [5.74, 6) is 5.72. The maximum absolute atomic E-state index is 9.26. The van der Waals surface area contributed by atoms with Crippen LogP contribution in [0.4, 0.5) is 0 Å². The highest BCUT2D eigenvalue weighted by molar-refractivity contribution is 5.83. The van der Waals surface area contributed by atoms with Crippen LogP contribution in [0, 0.1) is 0 Å². The number of methoxy groups -OCH3 is 1. The van der Waals surface area contributed by atoms with Crippen LogP contribution in [0.25, 0.3) is 0 Å². The van der Waals surface area contributed by atoms with E-state index >= 15 is 0 Å². The van der Waals surface area contributed by atoms with Crippen molar-refractivity contribution in [3.63, 3.8) is 0 Å². The van der Waals surface area contributed by atoms with E-state index in [1.54, 1.807) is 19.2 Å². The molecule has 0 fully saturated rings. The molecule has 0 aliphatic heterocycles. The first-order chi connectivity index (χ1) is 5.77. The summed E-state index contributed by atoms with van der Waals surface area (Å²) in [5.41, 5.74) is 0.539. The van der Waals surface area contributed by atoms with Gasteiger partial charge >= 0.3 is 0 Å². The smallest absolute Gasteiger partial charge is 0.124 e. The molecule has 64 valence electrons. The minimum absolute atomic E-state index is 0.130. The van der Waals surface area contributed by atoms with Gasteiger partial charge in [-0.15, -0.1) is 0 Å². The Balaban J connectivity index is 3.08. The zero-order valence-electron chi connectivity index (χ0n) is 6.69. The predicted octanol–water partition coefficient (Wildman–Crippen LogP) is 0.693. The molecule has 0 atom stereocenters. The molecule has 1 aromatic carbocycles. The topological polar surface area (TPSA) is 67.8 Å². The molecule has 0 bridgehead atoms. The van der Waals surface area contributed by atoms with Gasteiger partial charge in [0.05, 0.1) is 13.3 Å². The van der Waals surface area contributed by atoms with Gasteiger partial charge in [-0.3, -0.25) is 0 Å². The molecule has 0 unspecified atom stereocenters. The summed E-state index contributed by atoms with van der Waals surface area (Å²) >= 11 is 0. The number of nitrogens with zero attached hydrogens (tertiary/aromatic N) is 1. The fraction of sp³-hybridized carbons (Fsp3) is 0.125. The van der Waals surface area contributed by atoms with Crippen LogP contribution in [-0.2, 0) is 0 Å². The van der Waals surface area contributed by atoms with E-state index in [1.807, 2.05) is 0 Å². The third-order valence-electron chi connectivity index (χ3n) is 1.45. The van der Waals surface area contributed by atoms with Crippen molar-refractivity contribution in [2.24, 2.45) is 10.9 Å². The molecule has 0 aromatic heterocycles. The highest BCUT2D eigenvalue weighted by Crippen LogP contribution is 2.20. The second-order valence-electron chi connectivity index (χ2n) is 2.20. The van der Waals surface area contributed by atoms with Gasteiger partial charge in [0.25, 0.3) is 0 Å². The van der Waals surface area contributed by atoms with Crippen molar-refractivity contribution in [3.8, 4) is 11.5 Å². The van der Waals surface area contributed by atoms with Crippen LogP contribution in [0.15, 0.2) is 23.3 Å². The fourth-order valence-electron chi connectivity index (χ4n) is 0.843. The van der Waals surface area contributed by atoms with E-state index in [2.05, 4.69) is 5.10 Å². The highest BCUT2D eigenvalue weighted by Gasteiger charge is 1.99. The van der Waals surface area contributed by atoms with Gasteiger partial charge in [0.1, 0.15) is 11.5 Å². The minimum Gasteiger partial charge on any atom is -0.507 e. The molecule has 0 aliphatic rings. The summed E-state index contributed by atoms with van der Waals surface area (Å²) in [6.45, 7) is 0. The normalized spacial score (nSPS) is 10.4.